The van der Waals surface area contributed by atoms with Crippen LogP contribution in [0.15, 0.2) is 34.8 Å². The van der Waals surface area contributed by atoms with Crippen molar-refractivity contribution >= 4 is 21.7 Å². The molecule has 20 heavy (non-hydrogen) atoms. The Morgan fingerprint density at radius 1 is 1.15 bits per heavy atom. The molecule has 0 aromatic heterocycles. The molecule has 0 saturated carbocycles. The molecule has 2 rings (SSSR count). The molecule has 0 fully saturated rings. The fraction of sp³-hybridized carbons (Fsp3) is 0.188. The number of carbonyl (C=O) groups is 1. The van der Waals surface area contributed by atoms with Crippen LogP contribution in [0.4, 0.5) is 4.39 Å². The Hall–Kier alpha value is -1.68. The van der Waals surface area contributed by atoms with Crippen LogP contribution in [0, 0.1) is 19.7 Å². The highest BCUT2D eigenvalue weighted by atomic mass is 79.9. The van der Waals surface area contributed by atoms with Crippen molar-refractivity contribution in [1.29, 1.82) is 0 Å². The second kappa shape index (κ2) is 5.75. The first-order chi connectivity index (χ1) is 9.43. The van der Waals surface area contributed by atoms with E-state index in [0.717, 1.165) is 0 Å². The number of ketones is 1. The number of benzene rings is 2. The van der Waals surface area contributed by atoms with Gasteiger partial charge >= 0.3 is 0 Å². The number of hydrogen-bond donors (Lipinski definition) is 0. The van der Waals surface area contributed by atoms with E-state index in [-0.39, 0.29) is 11.6 Å². The van der Waals surface area contributed by atoms with Gasteiger partial charge in [0.05, 0.1) is 11.6 Å². The van der Waals surface area contributed by atoms with Crippen LogP contribution in [-0.2, 0) is 0 Å². The summed E-state index contributed by atoms with van der Waals surface area (Å²) in [6.45, 7) is 3.48. The Labute approximate surface area is 125 Å². The lowest BCUT2D eigenvalue weighted by atomic mass is 9.95. The standard InChI is InChI=1S/C16H14BrFO2/c1-9-6-12(18)7-10(2)15(9)16(19)11-4-5-14(20-3)13(17)8-11/h4-8H,1-3H3. The van der Waals surface area contributed by atoms with Gasteiger partial charge in [0.2, 0.25) is 0 Å². The molecule has 0 amide bonds. The summed E-state index contributed by atoms with van der Waals surface area (Å²) in [5, 5.41) is 0. The van der Waals surface area contributed by atoms with Gasteiger partial charge < -0.3 is 4.74 Å². The number of rotatable bonds is 3. The minimum atomic E-state index is -0.326. The van der Waals surface area contributed by atoms with Crippen LogP contribution in [0.5, 0.6) is 5.75 Å². The van der Waals surface area contributed by atoms with E-state index in [1.54, 1.807) is 39.2 Å². The molecular weight excluding hydrogens is 323 g/mol. The van der Waals surface area contributed by atoms with Crippen molar-refractivity contribution in [3.8, 4) is 5.75 Å². The van der Waals surface area contributed by atoms with Crippen LogP contribution in [0.25, 0.3) is 0 Å². The van der Waals surface area contributed by atoms with Crippen molar-refractivity contribution in [1.82, 2.24) is 0 Å². The summed E-state index contributed by atoms with van der Waals surface area (Å²) in [4.78, 5) is 12.6. The van der Waals surface area contributed by atoms with Crippen molar-refractivity contribution in [2.45, 2.75) is 13.8 Å². The number of hydrogen-bond acceptors (Lipinski definition) is 2. The third-order valence-electron chi connectivity index (χ3n) is 3.14. The van der Waals surface area contributed by atoms with E-state index in [1.165, 1.54) is 12.1 Å². The third kappa shape index (κ3) is 2.75. The second-order valence-corrected chi connectivity index (χ2v) is 5.45. The maximum Gasteiger partial charge on any atom is 0.193 e. The zero-order valence-electron chi connectivity index (χ0n) is 11.5. The summed E-state index contributed by atoms with van der Waals surface area (Å²) in [5.41, 5.74) is 2.36. The molecule has 0 saturated heterocycles. The molecule has 0 heterocycles. The number of methoxy groups -OCH3 is 1. The highest BCUT2D eigenvalue weighted by Crippen LogP contribution is 2.28. The maximum absolute atomic E-state index is 13.3. The predicted molar refractivity (Wildman–Crippen MR) is 80.0 cm³/mol. The normalized spacial score (nSPS) is 10.4. The lowest BCUT2D eigenvalue weighted by Crippen LogP contribution is -2.07. The van der Waals surface area contributed by atoms with Gasteiger partial charge in [-0.3, -0.25) is 4.79 Å². The Morgan fingerprint density at radius 3 is 2.25 bits per heavy atom. The van der Waals surface area contributed by atoms with Crippen molar-refractivity contribution in [2.24, 2.45) is 0 Å². The highest BCUT2D eigenvalue weighted by molar-refractivity contribution is 9.10. The van der Waals surface area contributed by atoms with Gasteiger partial charge in [-0.25, -0.2) is 4.39 Å². The van der Waals surface area contributed by atoms with Crippen LogP contribution in [0.3, 0.4) is 0 Å². The molecule has 2 aromatic rings. The van der Waals surface area contributed by atoms with E-state index in [1.807, 2.05) is 0 Å². The summed E-state index contributed by atoms with van der Waals surface area (Å²) >= 11 is 3.36. The lowest BCUT2D eigenvalue weighted by Gasteiger charge is -2.10. The Kier molecular flexibility index (Phi) is 4.23. The third-order valence-corrected chi connectivity index (χ3v) is 3.76. The molecule has 0 unspecified atom stereocenters. The van der Waals surface area contributed by atoms with Gasteiger partial charge in [0, 0.05) is 11.1 Å². The zero-order chi connectivity index (χ0) is 14.9. The molecule has 104 valence electrons. The fourth-order valence-corrected chi connectivity index (χ4v) is 2.76. The van der Waals surface area contributed by atoms with Crippen molar-refractivity contribution in [3.63, 3.8) is 0 Å². The van der Waals surface area contributed by atoms with E-state index in [4.69, 9.17) is 4.74 Å². The monoisotopic (exact) mass is 336 g/mol. The Morgan fingerprint density at radius 2 is 1.75 bits per heavy atom. The second-order valence-electron chi connectivity index (χ2n) is 4.59. The zero-order valence-corrected chi connectivity index (χ0v) is 13.0. The number of halogens is 2. The molecule has 0 spiro atoms. The number of carbonyl (C=O) groups excluding carboxylic acids is 1. The van der Waals surface area contributed by atoms with Gasteiger partial charge in [-0.1, -0.05) is 0 Å². The molecule has 4 heteroatoms. The quantitative estimate of drug-likeness (QED) is 0.774. The summed E-state index contributed by atoms with van der Waals surface area (Å²) in [5.74, 6) is 0.213. The molecule has 0 aliphatic carbocycles. The first-order valence-electron chi connectivity index (χ1n) is 6.09. The Bertz CT molecular complexity index is 657. The van der Waals surface area contributed by atoms with Gasteiger partial charge in [0.15, 0.2) is 5.78 Å². The van der Waals surface area contributed by atoms with Crippen LogP contribution in [0.2, 0.25) is 0 Å². The molecule has 0 aliphatic heterocycles. The van der Waals surface area contributed by atoms with Crippen LogP contribution in [0.1, 0.15) is 27.0 Å². The minimum Gasteiger partial charge on any atom is -0.496 e. The summed E-state index contributed by atoms with van der Waals surface area (Å²) in [6.07, 6.45) is 0. The molecule has 0 radical (unpaired) electrons. The number of aryl methyl sites for hydroxylation is 2. The largest absolute Gasteiger partial charge is 0.496 e. The van der Waals surface area contributed by atoms with Gasteiger partial charge in [-0.05, 0) is 71.2 Å². The van der Waals surface area contributed by atoms with Gasteiger partial charge in [0.1, 0.15) is 11.6 Å². The average Bonchev–Trinajstić information content (AvgIpc) is 2.37. The Balaban J connectivity index is 2.49. The van der Waals surface area contributed by atoms with Crippen molar-refractivity contribution in [3.05, 3.63) is 62.9 Å². The van der Waals surface area contributed by atoms with E-state index < -0.39 is 0 Å². The number of ether oxygens (including phenoxy) is 1. The fourth-order valence-electron chi connectivity index (χ4n) is 2.22. The smallest absolute Gasteiger partial charge is 0.193 e. The molecule has 0 atom stereocenters. The summed E-state index contributed by atoms with van der Waals surface area (Å²) in [6, 6.07) is 7.89. The van der Waals surface area contributed by atoms with E-state index >= 15 is 0 Å². The average molecular weight is 337 g/mol. The molecule has 2 nitrogen and oxygen atoms in total. The van der Waals surface area contributed by atoms with Crippen molar-refractivity contribution < 1.29 is 13.9 Å². The van der Waals surface area contributed by atoms with Gasteiger partial charge in [-0.15, -0.1) is 0 Å². The predicted octanol–water partition coefficient (Wildman–Crippen LogP) is 4.44. The minimum absolute atomic E-state index is 0.122. The molecule has 2 aromatic carbocycles. The lowest BCUT2D eigenvalue weighted by molar-refractivity contribution is 0.103. The van der Waals surface area contributed by atoms with Crippen molar-refractivity contribution in [2.75, 3.05) is 7.11 Å². The van der Waals surface area contributed by atoms with Crippen LogP contribution >= 0.6 is 15.9 Å². The molecular formula is C16H14BrFO2. The van der Waals surface area contributed by atoms with Crippen LogP contribution < -0.4 is 4.74 Å². The topological polar surface area (TPSA) is 26.3 Å². The summed E-state index contributed by atoms with van der Waals surface area (Å²) in [7, 11) is 1.57. The first-order valence-corrected chi connectivity index (χ1v) is 6.88. The molecule has 0 N–H and O–H groups in total. The van der Waals surface area contributed by atoms with E-state index in [9.17, 15) is 9.18 Å². The van der Waals surface area contributed by atoms with E-state index in [2.05, 4.69) is 15.9 Å². The maximum atomic E-state index is 13.3. The molecule has 0 bridgehead atoms. The first kappa shape index (κ1) is 14.7. The summed E-state index contributed by atoms with van der Waals surface area (Å²) < 4.78 is 19.2. The van der Waals surface area contributed by atoms with Gasteiger partial charge in [-0.2, -0.15) is 0 Å². The molecule has 0 aliphatic rings. The SMILES string of the molecule is COc1ccc(C(=O)c2c(C)cc(F)cc2C)cc1Br. The van der Waals surface area contributed by atoms with Crippen LogP contribution in [-0.4, -0.2) is 12.9 Å². The van der Waals surface area contributed by atoms with E-state index in [0.29, 0.717) is 32.5 Å². The van der Waals surface area contributed by atoms with Gasteiger partial charge in [0.25, 0.3) is 0 Å². The highest BCUT2D eigenvalue weighted by Gasteiger charge is 2.16.